The van der Waals surface area contributed by atoms with Gasteiger partial charge in [-0.1, -0.05) is 11.6 Å². The van der Waals surface area contributed by atoms with Crippen LogP contribution in [0.4, 0.5) is 16.4 Å². The van der Waals surface area contributed by atoms with E-state index in [-0.39, 0.29) is 5.95 Å². The Morgan fingerprint density at radius 2 is 1.95 bits per heavy atom. The van der Waals surface area contributed by atoms with E-state index in [1.54, 1.807) is 24.3 Å². The molecule has 1 heterocycles. The fraction of sp³-hybridized carbons (Fsp3) is 0. The standard InChI is InChI=1S/C11H9ClN4O3/c12-6-1-3-7(4-2-6)13-11(19)16-10-14-8(17)5-9(18)15-10/h1-5H,(H4,13,14,15,16,17,18,19). The molecule has 2 amide bonds. The Labute approximate surface area is 112 Å². The van der Waals surface area contributed by atoms with Crippen LogP contribution in [0.1, 0.15) is 0 Å². The molecule has 1 aromatic heterocycles. The molecule has 0 atom stereocenters. The minimum atomic E-state index is -0.615. The molecule has 0 saturated carbocycles. The van der Waals surface area contributed by atoms with E-state index in [4.69, 9.17) is 16.7 Å². The lowest BCUT2D eigenvalue weighted by Crippen LogP contribution is -2.22. The van der Waals surface area contributed by atoms with Gasteiger partial charge in [-0.25, -0.2) is 4.79 Å². The highest BCUT2D eigenvalue weighted by molar-refractivity contribution is 6.30. The van der Waals surface area contributed by atoms with Crippen molar-refractivity contribution in [3.05, 3.63) is 45.7 Å². The van der Waals surface area contributed by atoms with Gasteiger partial charge >= 0.3 is 6.03 Å². The molecule has 98 valence electrons. The maximum absolute atomic E-state index is 11.6. The number of amides is 2. The summed E-state index contributed by atoms with van der Waals surface area (Å²) in [5.74, 6) is -0.637. The van der Waals surface area contributed by atoms with Gasteiger partial charge in [-0.15, -0.1) is 0 Å². The monoisotopic (exact) mass is 280 g/mol. The molecule has 0 fully saturated rings. The smallest absolute Gasteiger partial charge is 0.326 e. The third kappa shape index (κ3) is 3.71. The highest BCUT2D eigenvalue weighted by Gasteiger charge is 2.05. The molecule has 2 rings (SSSR count). The van der Waals surface area contributed by atoms with Crippen molar-refractivity contribution >= 4 is 29.3 Å². The van der Waals surface area contributed by atoms with Gasteiger partial charge < -0.3 is 10.4 Å². The molecule has 1 aromatic carbocycles. The second-order valence-electron chi connectivity index (χ2n) is 3.54. The van der Waals surface area contributed by atoms with E-state index < -0.39 is 17.5 Å². The number of carbonyl (C=O) groups excluding carboxylic acids is 1. The summed E-state index contributed by atoms with van der Waals surface area (Å²) in [4.78, 5) is 28.4. The summed E-state index contributed by atoms with van der Waals surface area (Å²) >= 11 is 5.71. The normalized spacial score (nSPS) is 9.95. The van der Waals surface area contributed by atoms with Crippen LogP contribution < -0.4 is 16.2 Å². The van der Waals surface area contributed by atoms with Crippen LogP contribution in [-0.4, -0.2) is 21.1 Å². The average molecular weight is 281 g/mol. The van der Waals surface area contributed by atoms with E-state index in [1.165, 1.54) is 0 Å². The van der Waals surface area contributed by atoms with E-state index in [9.17, 15) is 9.59 Å². The van der Waals surface area contributed by atoms with Crippen molar-refractivity contribution in [2.45, 2.75) is 0 Å². The number of anilines is 2. The average Bonchev–Trinajstić information content (AvgIpc) is 2.30. The molecule has 0 aliphatic carbocycles. The molecule has 8 heteroatoms. The lowest BCUT2D eigenvalue weighted by atomic mass is 10.3. The van der Waals surface area contributed by atoms with Gasteiger partial charge in [-0.05, 0) is 24.3 Å². The Morgan fingerprint density at radius 3 is 2.58 bits per heavy atom. The maximum Gasteiger partial charge on any atom is 0.326 e. The van der Waals surface area contributed by atoms with Crippen LogP contribution in [0.5, 0.6) is 5.88 Å². The van der Waals surface area contributed by atoms with Gasteiger partial charge in [0.05, 0.1) is 6.07 Å². The van der Waals surface area contributed by atoms with Crippen molar-refractivity contribution in [3.8, 4) is 5.88 Å². The highest BCUT2D eigenvalue weighted by atomic mass is 35.5. The number of carbonyl (C=O) groups is 1. The lowest BCUT2D eigenvalue weighted by Gasteiger charge is -2.06. The zero-order valence-electron chi connectivity index (χ0n) is 9.48. The van der Waals surface area contributed by atoms with Crippen LogP contribution in [0, 0.1) is 0 Å². The fourth-order valence-corrected chi connectivity index (χ4v) is 1.43. The first kappa shape index (κ1) is 12.9. The predicted octanol–water partition coefficient (Wildman–Crippen LogP) is 1.77. The Hall–Kier alpha value is -2.54. The number of benzene rings is 1. The number of halogens is 1. The van der Waals surface area contributed by atoms with Crippen molar-refractivity contribution in [1.82, 2.24) is 9.97 Å². The van der Waals surface area contributed by atoms with Crippen LogP contribution in [0.2, 0.25) is 5.02 Å². The number of rotatable bonds is 2. The van der Waals surface area contributed by atoms with Crippen molar-refractivity contribution in [2.24, 2.45) is 0 Å². The minimum Gasteiger partial charge on any atom is -0.493 e. The fourth-order valence-electron chi connectivity index (χ4n) is 1.31. The van der Waals surface area contributed by atoms with Crippen LogP contribution in [0.3, 0.4) is 0 Å². The van der Waals surface area contributed by atoms with Crippen LogP contribution in [0.25, 0.3) is 0 Å². The second kappa shape index (κ2) is 5.40. The summed E-state index contributed by atoms with van der Waals surface area (Å²) in [5.41, 5.74) is -0.0568. The first-order valence-electron chi connectivity index (χ1n) is 5.17. The number of urea groups is 1. The molecule has 7 nitrogen and oxygen atoms in total. The molecular weight excluding hydrogens is 272 g/mol. The van der Waals surface area contributed by atoms with Crippen molar-refractivity contribution in [2.75, 3.05) is 10.6 Å². The zero-order chi connectivity index (χ0) is 13.8. The molecule has 4 N–H and O–H groups in total. The third-order valence-electron chi connectivity index (χ3n) is 2.06. The molecule has 0 aliphatic rings. The van der Waals surface area contributed by atoms with Crippen LogP contribution in [-0.2, 0) is 0 Å². The Balaban J connectivity index is 2.05. The van der Waals surface area contributed by atoms with E-state index in [2.05, 4.69) is 20.6 Å². The summed E-state index contributed by atoms with van der Waals surface area (Å²) in [7, 11) is 0. The zero-order valence-corrected chi connectivity index (χ0v) is 10.2. The number of nitrogens with one attached hydrogen (secondary N) is 3. The summed E-state index contributed by atoms with van der Waals surface area (Å²) in [5, 5.41) is 14.4. The molecule has 2 aromatic rings. The molecule has 0 aliphatic heterocycles. The Kier molecular flexibility index (Phi) is 3.67. The van der Waals surface area contributed by atoms with Crippen molar-refractivity contribution in [3.63, 3.8) is 0 Å². The second-order valence-corrected chi connectivity index (χ2v) is 3.97. The number of aromatic nitrogens is 2. The Morgan fingerprint density at radius 1 is 1.26 bits per heavy atom. The van der Waals surface area contributed by atoms with Crippen LogP contribution in [0.15, 0.2) is 35.1 Å². The SMILES string of the molecule is O=C(Nc1ccc(Cl)cc1)Nc1nc(O)cc(=O)[nH]1. The topological polar surface area (TPSA) is 107 Å². The van der Waals surface area contributed by atoms with Crippen molar-refractivity contribution in [1.29, 1.82) is 0 Å². The van der Waals surface area contributed by atoms with Gasteiger partial charge in [0, 0.05) is 10.7 Å². The summed E-state index contributed by atoms with van der Waals surface area (Å²) in [6.07, 6.45) is 0. The molecule has 0 unspecified atom stereocenters. The third-order valence-corrected chi connectivity index (χ3v) is 2.31. The molecular formula is C11H9ClN4O3. The number of H-pyrrole nitrogens is 1. The first-order valence-corrected chi connectivity index (χ1v) is 5.54. The lowest BCUT2D eigenvalue weighted by molar-refractivity contribution is 0.262. The van der Waals surface area contributed by atoms with Gasteiger partial charge in [0.15, 0.2) is 0 Å². The number of aromatic hydroxyl groups is 1. The van der Waals surface area contributed by atoms with E-state index in [0.717, 1.165) is 6.07 Å². The van der Waals surface area contributed by atoms with Gasteiger partial charge in [-0.3, -0.25) is 15.1 Å². The summed E-state index contributed by atoms with van der Waals surface area (Å²) < 4.78 is 0. The number of nitrogens with zero attached hydrogens (tertiary/aromatic N) is 1. The van der Waals surface area contributed by atoms with E-state index >= 15 is 0 Å². The quantitative estimate of drug-likeness (QED) is 0.672. The van der Waals surface area contributed by atoms with Gasteiger partial charge in [0.25, 0.3) is 5.56 Å². The Bertz CT molecular complexity index is 654. The number of hydrogen-bond donors (Lipinski definition) is 4. The van der Waals surface area contributed by atoms with Gasteiger partial charge in [0.1, 0.15) is 0 Å². The highest BCUT2D eigenvalue weighted by Crippen LogP contribution is 2.13. The van der Waals surface area contributed by atoms with Gasteiger partial charge in [0.2, 0.25) is 11.8 Å². The molecule has 19 heavy (non-hydrogen) atoms. The summed E-state index contributed by atoms with van der Waals surface area (Å²) in [6.45, 7) is 0. The largest absolute Gasteiger partial charge is 0.493 e. The number of hydrogen-bond acceptors (Lipinski definition) is 4. The van der Waals surface area contributed by atoms with E-state index in [1.807, 2.05) is 0 Å². The van der Waals surface area contributed by atoms with Crippen LogP contribution >= 0.6 is 11.6 Å². The van der Waals surface area contributed by atoms with E-state index in [0.29, 0.717) is 10.7 Å². The molecule has 0 spiro atoms. The van der Waals surface area contributed by atoms with Crippen molar-refractivity contribution < 1.29 is 9.90 Å². The first-order chi connectivity index (χ1) is 9.02. The molecule has 0 radical (unpaired) electrons. The predicted molar refractivity (Wildman–Crippen MR) is 70.6 cm³/mol. The summed E-state index contributed by atoms with van der Waals surface area (Å²) in [6, 6.07) is 6.73. The molecule has 0 bridgehead atoms. The molecule has 0 saturated heterocycles. The number of aromatic amines is 1. The maximum atomic E-state index is 11.6. The van der Waals surface area contributed by atoms with Gasteiger partial charge in [-0.2, -0.15) is 4.98 Å². The minimum absolute atomic E-state index is 0.156.